The quantitative estimate of drug-likeness (QED) is 0.904. The Kier molecular flexibility index (Phi) is 6.32. The number of halogens is 2. The van der Waals surface area contributed by atoms with Crippen molar-refractivity contribution in [2.24, 2.45) is 11.7 Å². The third-order valence-corrected chi connectivity index (χ3v) is 5.83. The normalized spacial score (nSPS) is 18.3. The molecule has 8 heteroatoms. The molecule has 1 aromatic carbocycles. The molecule has 1 unspecified atom stereocenters. The van der Waals surface area contributed by atoms with Gasteiger partial charge in [-0.15, -0.1) is 12.4 Å². The molecule has 1 saturated heterocycles. The lowest BCUT2D eigenvalue weighted by Gasteiger charge is -2.32. The zero-order chi connectivity index (χ0) is 15.6. The highest BCUT2D eigenvalue weighted by molar-refractivity contribution is 7.89. The van der Waals surface area contributed by atoms with Crippen molar-refractivity contribution in [1.82, 2.24) is 4.31 Å². The van der Waals surface area contributed by atoms with E-state index in [0.29, 0.717) is 31.8 Å². The Morgan fingerprint density at radius 2 is 2.00 bits per heavy atom. The Bertz CT molecular complexity index is 665. The van der Waals surface area contributed by atoms with Crippen LogP contribution in [0.15, 0.2) is 23.1 Å². The topological polar surface area (TPSA) is 87.2 Å². The first kappa shape index (κ1) is 18.8. The molecule has 1 aliphatic rings. The van der Waals surface area contributed by atoms with Gasteiger partial charge in [-0.1, -0.05) is 0 Å². The maximum absolute atomic E-state index is 13.3. The second kappa shape index (κ2) is 7.38. The Balaban J connectivity index is 0.00000242. The molecule has 2 N–H and O–H groups in total. The van der Waals surface area contributed by atoms with Crippen LogP contribution < -0.4 is 5.73 Å². The predicted octanol–water partition coefficient (Wildman–Crippen LogP) is 1.87. The number of nitrogens with two attached hydrogens (primary N) is 1. The smallest absolute Gasteiger partial charge is 0.243 e. The monoisotopic (exact) mass is 347 g/mol. The van der Waals surface area contributed by atoms with Crippen LogP contribution in [0.3, 0.4) is 0 Å². The summed E-state index contributed by atoms with van der Waals surface area (Å²) in [4.78, 5) is -0.0419. The molecule has 22 heavy (non-hydrogen) atoms. The van der Waals surface area contributed by atoms with Gasteiger partial charge in [0, 0.05) is 19.1 Å². The van der Waals surface area contributed by atoms with E-state index in [4.69, 9.17) is 11.0 Å². The number of benzene rings is 1. The van der Waals surface area contributed by atoms with Crippen LogP contribution in [0, 0.1) is 23.1 Å². The fourth-order valence-corrected chi connectivity index (χ4v) is 4.04. The van der Waals surface area contributed by atoms with E-state index in [1.807, 2.05) is 6.92 Å². The van der Waals surface area contributed by atoms with Crippen molar-refractivity contribution in [3.8, 4) is 6.07 Å². The van der Waals surface area contributed by atoms with Crippen LogP contribution >= 0.6 is 12.4 Å². The fraction of sp³-hybridized carbons (Fsp3) is 0.500. The summed E-state index contributed by atoms with van der Waals surface area (Å²) in [6.45, 7) is 2.72. The molecule has 0 aliphatic carbocycles. The molecular weight excluding hydrogens is 329 g/mol. The molecule has 2 rings (SSSR count). The molecule has 0 saturated carbocycles. The second-order valence-electron chi connectivity index (χ2n) is 5.35. The molecule has 1 aromatic rings. The summed E-state index contributed by atoms with van der Waals surface area (Å²) >= 11 is 0. The summed E-state index contributed by atoms with van der Waals surface area (Å²) in [6, 6.07) is 5.00. The molecule has 0 bridgehead atoms. The van der Waals surface area contributed by atoms with Gasteiger partial charge in [0.2, 0.25) is 10.0 Å². The number of piperidine rings is 1. The largest absolute Gasteiger partial charge is 0.328 e. The van der Waals surface area contributed by atoms with Crippen LogP contribution in [0.4, 0.5) is 4.39 Å². The maximum Gasteiger partial charge on any atom is 0.243 e. The first-order valence-electron chi connectivity index (χ1n) is 6.81. The lowest BCUT2D eigenvalue weighted by molar-refractivity contribution is 0.250. The average molecular weight is 348 g/mol. The zero-order valence-corrected chi connectivity index (χ0v) is 13.8. The SMILES string of the molecule is CC(N)C1CCN(S(=O)(=O)c2ccc(F)c(C#N)c2)CC1.Cl. The lowest BCUT2D eigenvalue weighted by Crippen LogP contribution is -2.42. The van der Waals surface area contributed by atoms with Gasteiger partial charge < -0.3 is 5.73 Å². The van der Waals surface area contributed by atoms with Gasteiger partial charge in [0.05, 0.1) is 10.5 Å². The van der Waals surface area contributed by atoms with Gasteiger partial charge in [-0.05, 0) is 43.9 Å². The van der Waals surface area contributed by atoms with E-state index in [1.54, 1.807) is 6.07 Å². The van der Waals surface area contributed by atoms with Gasteiger partial charge in [0.1, 0.15) is 11.9 Å². The Labute approximate surface area is 136 Å². The van der Waals surface area contributed by atoms with Crippen molar-refractivity contribution < 1.29 is 12.8 Å². The Hall–Kier alpha value is -1.20. The lowest BCUT2D eigenvalue weighted by atomic mass is 9.92. The molecule has 1 aliphatic heterocycles. The third-order valence-electron chi connectivity index (χ3n) is 3.94. The van der Waals surface area contributed by atoms with E-state index in [2.05, 4.69) is 0 Å². The van der Waals surface area contributed by atoms with Crippen molar-refractivity contribution in [2.45, 2.75) is 30.7 Å². The maximum atomic E-state index is 13.3. The molecule has 1 atom stereocenters. The first-order valence-corrected chi connectivity index (χ1v) is 8.25. The summed E-state index contributed by atoms with van der Waals surface area (Å²) in [5.74, 6) is -0.397. The summed E-state index contributed by atoms with van der Waals surface area (Å²) in [5, 5.41) is 8.80. The van der Waals surface area contributed by atoms with Crippen molar-refractivity contribution >= 4 is 22.4 Å². The van der Waals surface area contributed by atoms with Gasteiger partial charge in [0.15, 0.2) is 0 Å². The average Bonchev–Trinajstić information content (AvgIpc) is 2.47. The molecule has 1 heterocycles. The second-order valence-corrected chi connectivity index (χ2v) is 7.29. The predicted molar refractivity (Wildman–Crippen MR) is 83.5 cm³/mol. The zero-order valence-electron chi connectivity index (χ0n) is 12.2. The number of nitriles is 1. The van der Waals surface area contributed by atoms with Crippen LogP contribution in [-0.4, -0.2) is 31.9 Å². The van der Waals surface area contributed by atoms with Crippen LogP contribution in [-0.2, 0) is 10.0 Å². The van der Waals surface area contributed by atoms with E-state index >= 15 is 0 Å². The van der Waals surface area contributed by atoms with Gasteiger partial charge in [-0.2, -0.15) is 9.57 Å². The van der Waals surface area contributed by atoms with Crippen molar-refractivity contribution in [3.05, 3.63) is 29.6 Å². The van der Waals surface area contributed by atoms with E-state index in [1.165, 1.54) is 10.4 Å². The van der Waals surface area contributed by atoms with E-state index in [-0.39, 0.29) is 28.9 Å². The number of rotatable bonds is 3. The third kappa shape index (κ3) is 3.76. The Morgan fingerprint density at radius 3 is 2.50 bits per heavy atom. The number of nitrogens with zero attached hydrogens (tertiary/aromatic N) is 2. The molecular formula is C14H19ClFN3O2S. The number of sulfonamides is 1. The van der Waals surface area contributed by atoms with Crippen LogP contribution in [0.2, 0.25) is 0 Å². The van der Waals surface area contributed by atoms with Gasteiger partial charge >= 0.3 is 0 Å². The highest BCUT2D eigenvalue weighted by Crippen LogP contribution is 2.25. The Morgan fingerprint density at radius 1 is 1.41 bits per heavy atom. The summed E-state index contributed by atoms with van der Waals surface area (Å²) < 4.78 is 39.7. The molecule has 0 aromatic heterocycles. The van der Waals surface area contributed by atoms with E-state index in [0.717, 1.165) is 12.1 Å². The van der Waals surface area contributed by atoms with Gasteiger partial charge in [-0.3, -0.25) is 0 Å². The molecule has 0 spiro atoms. The number of hydrogen-bond acceptors (Lipinski definition) is 4. The van der Waals surface area contributed by atoms with Crippen molar-refractivity contribution in [2.75, 3.05) is 13.1 Å². The fourth-order valence-electron chi connectivity index (χ4n) is 2.54. The van der Waals surface area contributed by atoms with Gasteiger partial charge in [0.25, 0.3) is 0 Å². The summed E-state index contributed by atoms with van der Waals surface area (Å²) in [5.41, 5.74) is 5.58. The van der Waals surface area contributed by atoms with Crippen molar-refractivity contribution in [3.63, 3.8) is 0 Å². The van der Waals surface area contributed by atoms with E-state index < -0.39 is 15.8 Å². The molecule has 122 valence electrons. The number of hydrogen-bond donors (Lipinski definition) is 1. The standard InChI is InChI=1S/C14H18FN3O2S.ClH/c1-10(17)11-4-6-18(7-5-11)21(19,20)13-2-3-14(15)12(8-13)9-16;/h2-3,8,10-11H,4-7,17H2,1H3;1H. The minimum atomic E-state index is -3.69. The molecule has 5 nitrogen and oxygen atoms in total. The first-order chi connectivity index (χ1) is 9.86. The molecule has 0 amide bonds. The van der Waals surface area contributed by atoms with Crippen LogP contribution in [0.25, 0.3) is 0 Å². The van der Waals surface area contributed by atoms with Gasteiger partial charge in [-0.25, -0.2) is 12.8 Å². The molecule has 0 radical (unpaired) electrons. The van der Waals surface area contributed by atoms with Crippen LogP contribution in [0.5, 0.6) is 0 Å². The van der Waals surface area contributed by atoms with Crippen LogP contribution in [0.1, 0.15) is 25.3 Å². The summed E-state index contributed by atoms with van der Waals surface area (Å²) in [7, 11) is -3.69. The molecule has 1 fully saturated rings. The minimum absolute atomic E-state index is 0. The highest BCUT2D eigenvalue weighted by Gasteiger charge is 2.30. The van der Waals surface area contributed by atoms with Crippen molar-refractivity contribution in [1.29, 1.82) is 5.26 Å². The highest BCUT2D eigenvalue weighted by atomic mass is 35.5. The summed E-state index contributed by atoms with van der Waals surface area (Å²) in [6.07, 6.45) is 1.42. The van der Waals surface area contributed by atoms with E-state index in [9.17, 15) is 12.8 Å². The minimum Gasteiger partial charge on any atom is -0.328 e.